The molecule has 0 aliphatic heterocycles. The molecular weight excluding hydrogens is 173 g/mol. The zero-order chi connectivity index (χ0) is 9.78. The van der Waals surface area contributed by atoms with Gasteiger partial charge in [0.25, 0.3) is 0 Å². The van der Waals surface area contributed by atoms with E-state index >= 15 is 0 Å². The van der Waals surface area contributed by atoms with Crippen molar-refractivity contribution in [3.63, 3.8) is 0 Å². The minimum absolute atomic E-state index is 0.323. The minimum atomic E-state index is -1.65. The SMILES string of the molecule is CCN(CC)[P+](=O)OC(C)(C)C. The summed E-state index contributed by atoms with van der Waals surface area (Å²) in [5.74, 6) is 0. The summed E-state index contributed by atoms with van der Waals surface area (Å²) in [5, 5.41) is 0. The van der Waals surface area contributed by atoms with Crippen LogP contribution in [-0.4, -0.2) is 23.4 Å². The van der Waals surface area contributed by atoms with E-state index in [0.717, 1.165) is 13.1 Å². The molecule has 0 aromatic heterocycles. The van der Waals surface area contributed by atoms with Gasteiger partial charge in [-0.15, -0.1) is 4.52 Å². The fraction of sp³-hybridized carbons (Fsp3) is 1.00. The molecule has 0 bridgehead atoms. The third kappa shape index (κ3) is 4.81. The van der Waals surface area contributed by atoms with Crippen LogP contribution >= 0.6 is 8.18 Å². The van der Waals surface area contributed by atoms with Crippen molar-refractivity contribution in [2.75, 3.05) is 13.1 Å². The Balaban J connectivity index is 4.02. The lowest BCUT2D eigenvalue weighted by molar-refractivity contribution is 0.128. The Labute approximate surface area is 76.0 Å². The molecule has 0 fully saturated rings. The second-order valence-electron chi connectivity index (χ2n) is 3.58. The molecule has 0 radical (unpaired) electrons. The molecule has 1 unspecified atom stereocenters. The molecule has 0 rings (SSSR count). The van der Waals surface area contributed by atoms with Gasteiger partial charge in [-0.25, -0.2) is 0 Å². The Morgan fingerprint density at radius 2 is 1.67 bits per heavy atom. The van der Waals surface area contributed by atoms with E-state index in [1.165, 1.54) is 0 Å². The van der Waals surface area contributed by atoms with Gasteiger partial charge in [-0.1, -0.05) is 4.67 Å². The summed E-state index contributed by atoms with van der Waals surface area (Å²) in [5.41, 5.74) is -0.323. The highest BCUT2D eigenvalue weighted by atomic mass is 31.1. The van der Waals surface area contributed by atoms with Crippen molar-refractivity contribution in [2.24, 2.45) is 0 Å². The maximum absolute atomic E-state index is 11.5. The first-order valence-corrected chi connectivity index (χ1v) is 5.45. The maximum atomic E-state index is 11.5. The van der Waals surface area contributed by atoms with Gasteiger partial charge in [0.1, 0.15) is 5.60 Å². The molecule has 0 aromatic rings. The normalized spacial score (nSPS) is 13.7. The van der Waals surface area contributed by atoms with Crippen molar-refractivity contribution < 1.29 is 9.09 Å². The Bertz CT molecular complexity index is 150. The zero-order valence-electron chi connectivity index (χ0n) is 8.63. The van der Waals surface area contributed by atoms with E-state index in [2.05, 4.69) is 0 Å². The van der Waals surface area contributed by atoms with Crippen LogP contribution in [0, 0.1) is 0 Å². The lowest BCUT2D eigenvalue weighted by atomic mass is 10.2. The number of nitrogens with zero attached hydrogens (tertiary/aromatic N) is 1. The summed E-state index contributed by atoms with van der Waals surface area (Å²) in [6.45, 7) is 11.2. The van der Waals surface area contributed by atoms with E-state index in [9.17, 15) is 4.57 Å². The molecule has 1 atom stereocenters. The Kier molecular flexibility index (Phi) is 4.91. The predicted molar refractivity (Wildman–Crippen MR) is 51.4 cm³/mol. The zero-order valence-corrected chi connectivity index (χ0v) is 9.52. The van der Waals surface area contributed by atoms with Gasteiger partial charge in [0, 0.05) is 13.1 Å². The van der Waals surface area contributed by atoms with Gasteiger partial charge in [-0.05, 0) is 39.2 Å². The molecule has 72 valence electrons. The molecule has 0 heterocycles. The molecule has 0 N–H and O–H groups in total. The van der Waals surface area contributed by atoms with E-state index in [4.69, 9.17) is 4.52 Å². The first-order valence-electron chi connectivity index (χ1n) is 4.32. The molecule has 0 spiro atoms. The lowest BCUT2D eigenvalue weighted by Crippen LogP contribution is -2.21. The summed E-state index contributed by atoms with van der Waals surface area (Å²) in [7, 11) is -1.65. The van der Waals surface area contributed by atoms with Crippen molar-refractivity contribution >= 4 is 8.18 Å². The fourth-order valence-corrected chi connectivity index (χ4v) is 1.79. The molecule has 0 aliphatic carbocycles. The van der Waals surface area contributed by atoms with Gasteiger partial charge in [0.2, 0.25) is 0 Å². The molecular formula is C8H19NO2P+. The fourth-order valence-electron chi connectivity index (χ4n) is 0.747. The van der Waals surface area contributed by atoms with Crippen molar-refractivity contribution in [3.8, 4) is 0 Å². The summed E-state index contributed by atoms with van der Waals surface area (Å²) in [4.78, 5) is 0. The smallest absolute Gasteiger partial charge is 0.124 e. The Hall–Kier alpha value is 0.0200. The number of hydrogen-bond acceptors (Lipinski definition) is 2. The van der Waals surface area contributed by atoms with Crippen LogP contribution in [0.4, 0.5) is 0 Å². The average molecular weight is 192 g/mol. The van der Waals surface area contributed by atoms with Gasteiger partial charge >= 0.3 is 8.18 Å². The molecule has 0 amide bonds. The average Bonchev–Trinajstić information content (AvgIpc) is 1.85. The predicted octanol–water partition coefficient (Wildman–Crippen LogP) is 2.80. The van der Waals surface area contributed by atoms with Crippen LogP contribution < -0.4 is 0 Å². The van der Waals surface area contributed by atoms with Crippen LogP contribution in [0.2, 0.25) is 0 Å². The minimum Gasteiger partial charge on any atom is -0.124 e. The van der Waals surface area contributed by atoms with Crippen LogP contribution in [0.25, 0.3) is 0 Å². The Morgan fingerprint density at radius 3 is 1.92 bits per heavy atom. The van der Waals surface area contributed by atoms with E-state index in [1.807, 2.05) is 34.6 Å². The van der Waals surface area contributed by atoms with Gasteiger partial charge in [0.15, 0.2) is 0 Å². The number of rotatable bonds is 4. The highest BCUT2D eigenvalue weighted by Crippen LogP contribution is 2.33. The summed E-state index contributed by atoms with van der Waals surface area (Å²) < 4.78 is 18.6. The van der Waals surface area contributed by atoms with Crippen molar-refractivity contribution in [3.05, 3.63) is 0 Å². The second-order valence-corrected chi connectivity index (χ2v) is 4.80. The van der Waals surface area contributed by atoms with E-state index in [1.54, 1.807) is 4.67 Å². The molecule has 3 nitrogen and oxygen atoms in total. The molecule has 4 heteroatoms. The maximum Gasteiger partial charge on any atom is 0.616 e. The van der Waals surface area contributed by atoms with Crippen LogP contribution in [0.1, 0.15) is 34.6 Å². The summed E-state index contributed by atoms with van der Waals surface area (Å²) in [6, 6.07) is 0. The van der Waals surface area contributed by atoms with Crippen LogP contribution in [-0.2, 0) is 9.09 Å². The van der Waals surface area contributed by atoms with E-state index in [-0.39, 0.29) is 5.60 Å². The highest BCUT2D eigenvalue weighted by molar-refractivity contribution is 7.36. The van der Waals surface area contributed by atoms with Gasteiger partial charge < -0.3 is 0 Å². The van der Waals surface area contributed by atoms with Crippen LogP contribution in [0.15, 0.2) is 0 Å². The second kappa shape index (κ2) is 4.90. The van der Waals surface area contributed by atoms with Gasteiger partial charge in [0.05, 0.1) is 0 Å². The first-order chi connectivity index (χ1) is 5.40. The van der Waals surface area contributed by atoms with Crippen molar-refractivity contribution in [1.29, 1.82) is 0 Å². The monoisotopic (exact) mass is 192 g/mol. The number of hydrogen-bond donors (Lipinski definition) is 0. The van der Waals surface area contributed by atoms with Crippen molar-refractivity contribution in [2.45, 2.75) is 40.2 Å². The topological polar surface area (TPSA) is 29.5 Å². The molecule has 12 heavy (non-hydrogen) atoms. The third-order valence-corrected chi connectivity index (χ3v) is 3.04. The molecule has 0 aliphatic rings. The molecule has 0 saturated carbocycles. The molecule has 0 saturated heterocycles. The quantitative estimate of drug-likeness (QED) is 0.641. The van der Waals surface area contributed by atoms with E-state index in [0.29, 0.717) is 0 Å². The Morgan fingerprint density at radius 1 is 1.25 bits per heavy atom. The standard InChI is InChI=1S/C8H19NO2P/c1-6-9(7-2)12(10)11-8(3,4)5/h6-7H2,1-5H3/q+1. The van der Waals surface area contributed by atoms with Gasteiger partial charge in [-0.2, -0.15) is 0 Å². The van der Waals surface area contributed by atoms with Crippen molar-refractivity contribution in [1.82, 2.24) is 4.67 Å². The van der Waals surface area contributed by atoms with E-state index < -0.39 is 8.18 Å². The first kappa shape index (κ1) is 12.0. The highest BCUT2D eigenvalue weighted by Gasteiger charge is 2.33. The molecule has 0 aromatic carbocycles. The third-order valence-electron chi connectivity index (χ3n) is 1.31. The van der Waals surface area contributed by atoms with Crippen LogP contribution in [0.3, 0.4) is 0 Å². The lowest BCUT2D eigenvalue weighted by Gasteiger charge is -2.12. The largest absolute Gasteiger partial charge is 0.616 e. The summed E-state index contributed by atoms with van der Waals surface area (Å²) in [6.07, 6.45) is 0. The summed E-state index contributed by atoms with van der Waals surface area (Å²) >= 11 is 0. The van der Waals surface area contributed by atoms with Crippen LogP contribution in [0.5, 0.6) is 0 Å². The van der Waals surface area contributed by atoms with Gasteiger partial charge in [-0.3, -0.25) is 0 Å².